The number of phenols is 2. The van der Waals surface area contributed by atoms with E-state index in [1.165, 1.54) is 16.7 Å². The van der Waals surface area contributed by atoms with E-state index in [1.54, 1.807) is 18.2 Å². The van der Waals surface area contributed by atoms with E-state index in [1.807, 2.05) is 32.0 Å². The van der Waals surface area contributed by atoms with Crippen LogP contribution >= 0.6 is 0 Å². The first-order valence-electron chi connectivity index (χ1n) is 8.44. The molecule has 1 unspecified atom stereocenters. The average Bonchev–Trinajstić information content (AvgIpc) is 2.57. The van der Waals surface area contributed by atoms with Crippen molar-refractivity contribution >= 4 is 0 Å². The van der Waals surface area contributed by atoms with Gasteiger partial charge in [-0.15, -0.1) is 0 Å². The SMILES string of the molecule is CC.CCCc1cc(O)cc2c1CC(c1ccc(O)cc1)CO2. The van der Waals surface area contributed by atoms with Crippen LogP contribution in [-0.2, 0) is 12.8 Å². The molecule has 1 aliphatic rings. The van der Waals surface area contributed by atoms with Gasteiger partial charge in [-0.3, -0.25) is 0 Å². The summed E-state index contributed by atoms with van der Waals surface area (Å²) in [5.74, 6) is 1.67. The lowest BCUT2D eigenvalue weighted by atomic mass is 9.87. The van der Waals surface area contributed by atoms with Crippen molar-refractivity contribution in [2.45, 2.75) is 46.0 Å². The number of aryl methyl sites for hydroxylation is 1. The van der Waals surface area contributed by atoms with Crippen LogP contribution < -0.4 is 4.74 Å². The van der Waals surface area contributed by atoms with Gasteiger partial charge < -0.3 is 14.9 Å². The summed E-state index contributed by atoms with van der Waals surface area (Å²) in [6, 6.07) is 10.9. The van der Waals surface area contributed by atoms with E-state index in [4.69, 9.17) is 4.74 Å². The van der Waals surface area contributed by atoms with Gasteiger partial charge in [0.15, 0.2) is 0 Å². The second kappa shape index (κ2) is 7.91. The van der Waals surface area contributed by atoms with E-state index in [2.05, 4.69) is 6.92 Å². The zero-order chi connectivity index (χ0) is 16.8. The first-order valence-corrected chi connectivity index (χ1v) is 8.44. The van der Waals surface area contributed by atoms with Gasteiger partial charge in [-0.1, -0.05) is 39.3 Å². The van der Waals surface area contributed by atoms with E-state index >= 15 is 0 Å². The van der Waals surface area contributed by atoms with Crippen LogP contribution in [0.15, 0.2) is 36.4 Å². The summed E-state index contributed by atoms with van der Waals surface area (Å²) in [4.78, 5) is 0. The number of ether oxygens (including phenoxy) is 1. The number of phenolic OH excluding ortho intramolecular Hbond substituents is 2. The number of fused-ring (bicyclic) bond motifs is 1. The highest BCUT2D eigenvalue weighted by Gasteiger charge is 2.24. The molecule has 0 amide bonds. The van der Waals surface area contributed by atoms with Crippen LogP contribution in [0.2, 0.25) is 0 Å². The maximum absolute atomic E-state index is 9.80. The number of aromatic hydroxyl groups is 2. The summed E-state index contributed by atoms with van der Waals surface area (Å²) in [6.45, 7) is 6.74. The molecule has 3 rings (SSSR count). The van der Waals surface area contributed by atoms with Crippen LogP contribution in [0, 0.1) is 0 Å². The van der Waals surface area contributed by atoms with Gasteiger partial charge in [-0.05, 0) is 47.7 Å². The smallest absolute Gasteiger partial charge is 0.126 e. The summed E-state index contributed by atoms with van der Waals surface area (Å²) in [6.07, 6.45) is 2.90. The monoisotopic (exact) mass is 314 g/mol. The number of hydrogen-bond donors (Lipinski definition) is 2. The molecule has 1 aliphatic heterocycles. The van der Waals surface area contributed by atoms with Crippen molar-refractivity contribution < 1.29 is 14.9 Å². The minimum absolute atomic E-state index is 0.278. The molecule has 2 aromatic rings. The molecule has 3 heteroatoms. The Hall–Kier alpha value is -2.16. The predicted molar refractivity (Wildman–Crippen MR) is 93.5 cm³/mol. The molecule has 2 N–H and O–H groups in total. The van der Waals surface area contributed by atoms with Crippen LogP contribution in [-0.4, -0.2) is 16.8 Å². The number of rotatable bonds is 3. The van der Waals surface area contributed by atoms with E-state index in [-0.39, 0.29) is 11.5 Å². The highest BCUT2D eigenvalue weighted by Crippen LogP contribution is 2.37. The fraction of sp³-hybridized carbons (Fsp3) is 0.400. The van der Waals surface area contributed by atoms with Gasteiger partial charge in [-0.2, -0.15) is 0 Å². The minimum Gasteiger partial charge on any atom is -0.508 e. The van der Waals surface area contributed by atoms with Crippen molar-refractivity contribution in [3.05, 3.63) is 53.1 Å². The third kappa shape index (κ3) is 3.98. The van der Waals surface area contributed by atoms with Crippen LogP contribution in [0.3, 0.4) is 0 Å². The molecule has 0 fully saturated rings. The summed E-state index contributed by atoms with van der Waals surface area (Å²) in [5.41, 5.74) is 3.56. The Labute approximate surface area is 138 Å². The molecular formula is C20H26O3. The summed E-state index contributed by atoms with van der Waals surface area (Å²) >= 11 is 0. The second-order valence-corrected chi connectivity index (χ2v) is 5.64. The average molecular weight is 314 g/mol. The van der Waals surface area contributed by atoms with Crippen molar-refractivity contribution in [3.8, 4) is 17.2 Å². The zero-order valence-corrected chi connectivity index (χ0v) is 14.2. The summed E-state index contributed by atoms with van der Waals surface area (Å²) in [5, 5.41) is 19.2. The molecule has 23 heavy (non-hydrogen) atoms. The lowest BCUT2D eigenvalue weighted by Gasteiger charge is -2.27. The third-order valence-corrected chi connectivity index (χ3v) is 4.06. The highest BCUT2D eigenvalue weighted by molar-refractivity contribution is 5.48. The standard InChI is InChI=1S/C18H20O3.C2H6/c1-2-3-13-8-16(20)10-18-17(13)9-14(11-21-18)12-4-6-15(19)7-5-12;1-2/h4-8,10,14,19-20H,2-3,9,11H2,1H3;1-2H3. The molecule has 0 saturated heterocycles. The van der Waals surface area contributed by atoms with E-state index in [0.29, 0.717) is 12.5 Å². The summed E-state index contributed by atoms with van der Waals surface area (Å²) < 4.78 is 5.87. The largest absolute Gasteiger partial charge is 0.508 e. The summed E-state index contributed by atoms with van der Waals surface area (Å²) in [7, 11) is 0. The molecule has 1 atom stereocenters. The predicted octanol–water partition coefficient (Wildman–Crippen LogP) is 4.80. The Bertz CT molecular complexity index is 632. The van der Waals surface area contributed by atoms with Crippen molar-refractivity contribution in [1.82, 2.24) is 0 Å². The molecule has 124 valence electrons. The van der Waals surface area contributed by atoms with Gasteiger partial charge in [0.1, 0.15) is 17.2 Å². The lowest BCUT2D eigenvalue weighted by molar-refractivity contribution is 0.260. The van der Waals surface area contributed by atoms with Crippen LogP contribution in [0.5, 0.6) is 17.2 Å². The molecule has 0 bridgehead atoms. The van der Waals surface area contributed by atoms with Gasteiger partial charge >= 0.3 is 0 Å². The Kier molecular flexibility index (Phi) is 5.91. The molecule has 3 nitrogen and oxygen atoms in total. The zero-order valence-electron chi connectivity index (χ0n) is 14.2. The van der Waals surface area contributed by atoms with Crippen molar-refractivity contribution in [2.75, 3.05) is 6.61 Å². The molecule has 0 saturated carbocycles. The highest BCUT2D eigenvalue weighted by atomic mass is 16.5. The number of hydrogen-bond acceptors (Lipinski definition) is 3. The second-order valence-electron chi connectivity index (χ2n) is 5.64. The van der Waals surface area contributed by atoms with Gasteiger partial charge in [-0.25, -0.2) is 0 Å². The van der Waals surface area contributed by atoms with Crippen molar-refractivity contribution in [1.29, 1.82) is 0 Å². The first-order chi connectivity index (χ1) is 11.2. The van der Waals surface area contributed by atoms with Gasteiger partial charge in [0.25, 0.3) is 0 Å². The Morgan fingerprint density at radius 1 is 1.04 bits per heavy atom. The normalized spacial score (nSPS) is 15.9. The third-order valence-electron chi connectivity index (χ3n) is 4.06. The van der Waals surface area contributed by atoms with Gasteiger partial charge in [0.05, 0.1) is 6.61 Å². The van der Waals surface area contributed by atoms with E-state index < -0.39 is 0 Å². The number of benzene rings is 2. The fourth-order valence-electron chi connectivity index (χ4n) is 3.00. The molecule has 0 spiro atoms. The molecule has 2 aromatic carbocycles. The van der Waals surface area contributed by atoms with Crippen LogP contribution in [0.25, 0.3) is 0 Å². The molecular weight excluding hydrogens is 288 g/mol. The molecule has 0 radical (unpaired) electrons. The van der Waals surface area contributed by atoms with E-state index in [9.17, 15) is 10.2 Å². The molecule has 1 heterocycles. The topological polar surface area (TPSA) is 49.7 Å². The maximum atomic E-state index is 9.80. The van der Waals surface area contributed by atoms with Gasteiger partial charge in [0.2, 0.25) is 0 Å². The molecule has 0 aromatic heterocycles. The minimum atomic E-state index is 0.278. The van der Waals surface area contributed by atoms with E-state index in [0.717, 1.165) is 25.0 Å². The van der Waals surface area contributed by atoms with Crippen LogP contribution in [0.1, 0.15) is 49.8 Å². The quantitative estimate of drug-likeness (QED) is 0.856. The Morgan fingerprint density at radius 2 is 1.74 bits per heavy atom. The maximum Gasteiger partial charge on any atom is 0.126 e. The van der Waals surface area contributed by atoms with Gasteiger partial charge in [0, 0.05) is 12.0 Å². The lowest BCUT2D eigenvalue weighted by Crippen LogP contribution is -2.20. The fourth-order valence-corrected chi connectivity index (χ4v) is 3.00. The Morgan fingerprint density at radius 3 is 2.39 bits per heavy atom. The van der Waals surface area contributed by atoms with Crippen molar-refractivity contribution in [2.24, 2.45) is 0 Å². The Balaban J connectivity index is 0.000000924. The molecule has 0 aliphatic carbocycles. The van der Waals surface area contributed by atoms with Crippen molar-refractivity contribution in [3.63, 3.8) is 0 Å². The first kappa shape index (κ1) is 17.2. The van der Waals surface area contributed by atoms with Crippen LogP contribution in [0.4, 0.5) is 0 Å².